The Hall–Kier alpha value is -1.80. The van der Waals surface area contributed by atoms with E-state index in [2.05, 4.69) is 29.3 Å². The summed E-state index contributed by atoms with van der Waals surface area (Å²) < 4.78 is 1.93. The van der Waals surface area contributed by atoms with Crippen LogP contribution in [0, 0.1) is 18.3 Å². The molecule has 0 N–H and O–H groups in total. The summed E-state index contributed by atoms with van der Waals surface area (Å²) in [4.78, 5) is 0. The molecular formula is C13H14N4S. The van der Waals surface area contributed by atoms with Crippen molar-refractivity contribution in [2.45, 2.75) is 24.3 Å². The van der Waals surface area contributed by atoms with Gasteiger partial charge >= 0.3 is 0 Å². The average Bonchev–Trinajstić information content (AvgIpc) is 2.72. The second-order valence-corrected chi connectivity index (χ2v) is 5.38. The third-order valence-corrected chi connectivity index (χ3v) is 3.71. The molecular weight excluding hydrogens is 244 g/mol. The van der Waals surface area contributed by atoms with Crippen LogP contribution in [0.3, 0.4) is 0 Å². The van der Waals surface area contributed by atoms with Crippen LogP contribution in [-0.2, 0) is 7.05 Å². The van der Waals surface area contributed by atoms with Crippen molar-refractivity contribution >= 4 is 11.8 Å². The SMILES string of the molecule is Cc1ccccc1-c1nnc(S[C@@H](C)C#N)n1C. The molecule has 1 atom stereocenters. The van der Waals surface area contributed by atoms with Gasteiger partial charge in [0, 0.05) is 12.6 Å². The molecule has 5 heteroatoms. The molecule has 0 aliphatic rings. The molecule has 2 aromatic rings. The van der Waals surface area contributed by atoms with E-state index in [1.54, 1.807) is 0 Å². The summed E-state index contributed by atoms with van der Waals surface area (Å²) in [7, 11) is 1.92. The lowest BCUT2D eigenvalue weighted by molar-refractivity contribution is 0.792. The van der Waals surface area contributed by atoms with Crippen LogP contribution in [0.2, 0.25) is 0 Å². The lowest BCUT2D eigenvalue weighted by atomic mass is 10.1. The Morgan fingerprint density at radius 2 is 2.06 bits per heavy atom. The standard InChI is InChI=1S/C13H14N4S/c1-9-6-4-5-7-11(9)12-15-16-13(17(12)3)18-10(2)8-14/h4-7,10H,1-3H3/t10-/m0/s1. The normalized spacial score (nSPS) is 12.1. The van der Waals surface area contributed by atoms with Crippen LogP contribution in [0.1, 0.15) is 12.5 Å². The van der Waals surface area contributed by atoms with Gasteiger partial charge in [0.25, 0.3) is 0 Å². The molecule has 1 aromatic carbocycles. The first-order valence-corrected chi connectivity index (χ1v) is 6.53. The second-order valence-electron chi connectivity index (χ2n) is 4.07. The molecule has 0 saturated carbocycles. The van der Waals surface area contributed by atoms with Crippen LogP contribution in [0.4, 0.5) is 0 Å². The molecule has 18 heavy (non-hydrogen) atoms. The quantitative estimate of drug-likeness (QED) is 0.794. The Labute approximate surface area is 111 Å². The fraction of sp³-hybridized carbons (Fsp3) is 0.308. The zero-order valence-corrected chi connectivity index (χ0v) is 11.4. The maximum atomic E-state index is 8.83. The fourth-order valence-electron chi connectivity index (χ4n) is 1.66. The van der Waals surface area contributed by atoms with Crippen LogP contribution >= 0.6 is 11.8 Å². The third-order valence-electron chi connectivity index (χ3n) is 2.68. The van der Waals surface area contributed by atoms with Crippen LogP contribution < -0.4 is 0 Å². The topological polar surface area (TPSA) is 54.5 Å². The van der Waals surface area contributed by atoms with Gasteiger partial charge in [-0.25, -0.2) is 0 Å². The average molecular weight is 258 g/mol. The molecule has 0 unspecified atom stereocenters. The number of aromatic nitrogens is 3. The number of hydrogen-bond donors (Lipinski definition) is 0. The van der Waals surface area contributed by atoms with E-state index >= 15 is 0 Å². The van der Waals surface area contributed by atoms with E-state index in [9.17, 15) is 0 Å². The van der Waals surface area contributed by atoms with Crippen molar-refractivity contribution in [2.24, 2.45) is 7.05 Å². The van der Waals surface area contributed by atoms with Gasteiger partial charge in [-0.15, -0.1) is 10.2 Å². The summed E-state index contributed by atoms with van der Waals surface area (Å²) >= 11 is 1.42. The van der Waals surface area contributed by atoms with Crippen molar-refractivity contribution in [3.05, 3.63) is 29.8 Å². The van der Waals surface area contributed by atoms with E-state index < -0.39 is 0 Å². The van der Waals surface area contributed by atoms with E-state index in [0.29, 0.717) is 0 Å². The Kier molecular flexibility index (Phi) is 3.68. The first-order valence-electron chi connectivity index (χ1n) is 5.65. The van der Waals surface area contributed by atoms with Gasteiger partial charge in [0.2, 0.25) is 0 Å². The van der Waals surface area contributed by atoms with Gasteiger partial charge in [0.05, 0.1) is 11.3 Å². The Morgan fingerprint density at radius 3 is 2.72 bits per heavy atom. The summed E-state index contributed by atoms with van der Waals surface area (Å²) in [6, 6.07) is 10.3. The zero-order chi connectivity index (χ0) is 13.1. The number of nitrogens with zero attached hydrogens (tertiary/aromatic N) is 4. The lowest BCUT2D eigenvalue weighted by Crippen LogP contribution is -1.99. The minimum atomic E-state index is -0.127. The summed E-state index contributed by atoms with van der Waals surface area (Å²) in [6.45, 7) is 3.90. The molecule has 0 saturated heterocycles. The number of nitriles is 1. The van der Waals surface area contributed by atoms with Crippen molar-refractivity contribution in [1.29, 1.82) is 5.26 Å². The Morgan fingerprint density at radius 1 is 1.33 bits per heavy atom. The number of rotatable bonds is 3. The van der Waals surface area contributed by atoms with Crippen LogP contribution in [0.5, 0.6) is 0 Å². The second kappa shape index (κ2) is 5.23. The third kappa shape index (κ3) is 2.39. The Bertz CT molecular complexity index is 597. The summed E-state index contributed by atoms with van der Waals surface area (Å²) in [5, 5.41) is 17.8. The lowest BCUT2D eigenvalue weighted by Gasteiger charge is -2.06. The first-order chi connectivity index (χ1) is 8.63. The number of thioether (sulfide) groups is 1. The van der Waals surface area contributed by atoms with Crippen LogP contribution in [-0.4, -0.2) is 20.0 Å². The predicted molar refractivity (Wildman–Crippen MR) is 72.1 cm³/mol. The molecule has 1 aromatic heterocycles. The van der Waals surface area contributed by atoms with Crippen LogP contribution in [0.15, 0.2) is 29.4 Å². The van der Waals surface area contributed by atoms with Crippen molar-refractivity contribution in [3.63, 3.8) is 0 Å². The molecule has 92 valence electrons. The zero-order valence-electron chi connectivity index (χ0n) is 10.6. The molecule has 0 spiro atoms. The minimum Gasteiger partial charge on any atom is -0.305 e. The molecule has 4 nitrogen and oxygen atoms in total. The monoisotopic (exact) mass is 258 g/mol. The molecule has 0 fully saturated rings. The minimum absolute atomic E-state index is 0.127. The highest BCUT2D eigenvalue weighted by atomic mass is 32.2. The highest BCUT2D eigenvalue weighted by Crippen LogP contribution is 2.26. The van der Waals surface area contributed by atoms with E-state index in [4.69, 9.17) is 5.26 Å². The maximum Gasteiger partial charge on any atom is 0.192 e. The highest BCUT2D eigenvalue weighted by Gasteiger charge is 2.14. The van der Waals surface area contributed by atoms with Crippen molar-refractivity contribution in [1.82, 2.24) is 14.8 Å². The smallest absolute Gasteiger partial charge is 0.192 e. The molecule has 2 rings (SSSR count). The fourth-order valence-corrected chi connectivity index (χ4v) is 2.36. The predicted octanol–water partition coefficient (Wildman–Crippen LogP) is 2.79. The van der Waals surface area contributed by atoms with Gasteiger partial charge in [-0.3, -0.25) is 0 Å². The van der Waals surface area contributed by atoms with Gasteiger partial charge in [-0.1, -0.05) is 36.0 Å². The van der Waals surface area contributed by atoms with Crippen molar-refractivity contribution in [3.8, 4) is 17.5 Å². The first kappa shape index (κ1) is 12.7. The van der Waals surface area contributed by atoms with Gasteiger partial charge in [-0.05, 0) is 19.4 Å². The van der Waals surface area contributed by atoms with E-state index in [0.717, 1.165) is 22.1 Å². The summed E-state index contributed by atoms with van der Waals surface area (Å²) in [6.07, 6.45) is 0. The molecule has 1 heterocycles. The number of benzene rings is 1. The molecule has 0 aliphatic carbocycles. The molecule has 0 amide bonds. The van der Waals surface area contributed by atoms with Crippen molar-refractivity contribution < 1.29 is 0 Å². The van der Waals surface area contributed by atoms with Crippen molar-refractivity contribution in [2.75, 3.05) is 0 Å². The molecule has 0 bridgehead atoms. The van der Waals surface area contributed by atoms with E-state index in [-0.39, 0.29) is 5.25 Å². The van der Waals surface area contributed by atoms with E-state index in [1.807, 2.05) is 36.7 Å². The highest BCUT2D eigenvalue weighted by molar-refractivity contribution is 8.00. The maximum absolute atomic E-state index is 8.83. The van der Waals surface area contributed by atoms with Gasteiger partial charge in [-0.2, -0.15) is 5.26 Å². The van der Waals surface area contributed by atoms with Gasteiger partial charge in [0.1, 0.15) is 0 Å². The van der Waals surface area contributed by atoms with E-state index in [1.165, 1.54) is 11.8 Å². The largest absolute Gasteiger partial charge is 0.305 e. The van der Waals surface area contributed by atoms with Gasteiger partial charge < -0.3 is 4.57 Å². The van der Waals surface area contributed by atoms with Crippen LogP contribution in [0.25, 0.3) is 11.4 Å². The number of hydrogen-bond acceptors (Lipinski definition) is 4. The Balaban J connectivity index is 2.38. The molecule has 0 aliphatic heterocycles. The summed E-state index contributed by atoms with van der Waals surface area (Å²) in [5.74, 6) is 0.834. The number of aryl methyl sites for hydroxylation is 1. The summed E-state index contributed by atoms with van der Waals surface area (Å²) in [5.41, 5.74) is 2.24. The molecule has 0 radical (unpaired) electrons. The van der Waals surface area contributed by atoms with Gasteiger partial charge in [0.15, 0.2) is 11.0 Å².